The minimum atomic E-state index is -0.827. The molecule has 0 saturated heterocycles. The molecule has 0 aliphatic heterocycles. The van der Waals surface area contributed by atoms with E-state index in [1.807, 2.05) is 19.1 Å². The van der Waals surface area contributed by atoms with Gasteiger partial charge in [-0.25, -0.2) is 4.79 Å². The van der Waals surface area contributed by atoms with Crippen molar-refractivity contribution in [3.63, 3.8) is 0 Å². The molecule has 5 heteroatoms. The van der Waals surface area contributed by atoms with Crippen molar-refractivity contribution in [1.29, 1.82) is 0 Å². The molecule has 0 aliphatic rings. The molecular formula is C12H20O5. The Morgan fingerprint density at radius 2 is 1.82 bits per heavy atom. The summed E-state index contributed by atoms with van der Waals surface area (Å²) in [6, 6.07) is 0. The lowest BCUT2D eigenvalue weighted by Gasteiger charge is -2.07. The van der Waals surface area contributed by atoms with Crippen molar-refractivity contribution in [3.8, 4) is 0 Å². The summed E-state index contributed by atoms with van der Waals surface area (Å²) in [6.45, 7) is 5.27. The van der Waals surface area contributed by atoms with E-state index in [1.54, 1.807) is 13.8 Å². The monoisotopic (exact) mass is 244 g/mol. The highest BCUT2D eigenvalue weighted by molar-refractivity contribution is 5.71. The van der Waals surface area contributed by atoms with E-state index in [1.165, 1.54) is 0 Å². The van der Waals surface area contributed by atoms with Gasteiger partial charge in [0.1, 0.15) is 0 Å². The van der Waals surface area contributed by atoms with Crippen LogP contribution in [0.5, 0.6) is 0 Å². The normalized spacial score (nSPS) is 10.6. The highest BCUT2D eigenvalue weighted by atomic mass is 16.8. The zero-order valence-corrected chi connectivity index (χ0v) is 10.6. The maximum atomic E-state index is 11.0. The summed E-state index contributed by atoms with van der Waals surface area (Å²) >= 11 is 0. The van der Waals surface area contributed by atoms with Crippen LogP contribution in [0.1, 0.15) is 33.6 Å². The van der Waals surface area contributed by atoms with Crippen LogP contribution in [-0.4, -0.2) is 25.5 Å². The van der Waals surface area contributed by atoms with Gasteiger partial charge in [-0.3, -0.25) is 4.79 Å². The van der Waals surface area contributed by atoms with Crippen LogP contribution in [0.25, 0.3) is 0 Å². The molecule has 0 aromatic heterocycles. The van der Waals surface area contributed by atoms with Crippen molar-refractivity contribution < 1.29 is 23.8 Å². The van der Waals surface area contributed by atoms with E-state index in [0.29, 0.717) is 6.42 Å². The molecule has 0 spiro atoms. The lowest BCUT2D eigenvalue weighted by atomic mass is 10.2. The SMILES string of the molecule is CC/C=C/CCOC(=O)OCOC(=O)C(C)C. The van der Waals surface area contributed by atoms with Crippen LogP contribution in [0.15, 0.2) is 12.2 Å². The van der Waals surface area contributed by atoms with Crippen LogP contribution in [0.3, 0.4) is 0 Å². The van der Waals surface area contributed by atoms with Gasteiger partial charge in [-0.1, -0.05) is 32.9 Å². The zero-order chi connectivity index (χ0) is 13.1. The van der Waals surface area contributed by atoms with E-state index in [4.69, 9.17) is 4.74 Å². The quantitative estimate of drug-likeness (QED) is 0.298. The van der Waals surface area contributed by atoms with Crippen LogP contribution >= 0.6 is 0 Å². The molecular weight excluding hydrogens is 224 g/mol. The number of carbonyl (C=O) groups excluding carboxylic acids is 2. The Bertz CT molecular complexity index is 258. The van der Waals surface area contributed by atoms with Crippen molar-refractivity contribution >= 4 is 12.1 Å². The van der Waals surface area contributed by atoms with E-state index < -0.39 is 18.9 Å². The summed E-state index contributed by atoms with van der Waals surface area (Å²) < 4.78 is 13.9. The Hall–Kier alpha value is -1.52. The summed E-state index contributed by atoms with van der Waals surface area (Å²) in [5.41, 5.74) is 0. The average molecular weight is 244 g/mol. The molecule has 0 radical (unpaired) electrons. The molecule has 0 aliphatic carbocycles. The third kappa shape index (κ3) is 9.41. The first kappa shape index (κ1) is 15.5. The topological polar surface area (TPSA) is 61.8 Å². The maximum absolute atomic E-state index is 11.0. The molecule has 0 atom stereocenters. The molecule has 0 amide bonds. The molecule has 0 saturated carbocycles. The predicted octanol–water partition coefficient (Wildman–Crippen LogP) is 2.65. The zero-order valence-electron chi connectivity index (χ0n) is 10.6. The highest BCUT2D eigenvalue weighted by Gasteiger charge is 2.09. The molecule has 0 N–H and O–H groups in total. The molecule has 0 fully saturated rings. The Balaban J connectivity index is 3.47. The van der Waals surface area contributed by atoms with E-state index in [-0.39, 0.29) is 12.5 Å². The average Bonchev–Trinajstić information content (AvgIpc) is 2.28. The largest absolute Gasteiger partial charge is 0.511 e. The fourth-order valence-electron chi connectivity index (χ4n) is 0.839. The molecule has 5 nitrogen and oxygen atoms in total. The first-order valence-corrected chi connectivity index (χ1v) is 5.69. The van der Waals surface area contributed by atoms with E-state index in [2.05, 4.69) is 9.47 Å². The van der Waals surface area contributed by atoms with Gasteiger partial charge in [-0.05, 0) is 12.8 Å². The van der Waals surface area contributed by atoms with Crippen LogP contribution in [-0.2, 0) is 19.0 Å². The summed E-state index contributed by atoms with van der Waals surface area (Å²) in [4.78, 5) is 22.0. The highest BCUT2D eigenvalue weighted by Crippen LogP contribution is 1.97. The number of esters is 1. The summed E-state index contributed by atoms with van der Waals surface area (Å²) in [7, 11) is 0. The van der Waals surface area contributed by atoms with E-state index >= 15 is 0 Å². The Morgan fingerprint density at radius 3 is 2.41 bits per heavy atom. The summed E-state index contributed by atoms with van der Waals surface area (Å²) in [5.74, 6) is -0.655. The molecule has 0 rings (SSSR count). The number of rotatable bonds is 7. The second kappa shape index (κ2) is 9.69. The van der Waals surface area contributed by atoms with Crippen molar-refractivity contribution in [2.75, 3.05) is 13.4 Å². The Kier molecular flexibility index (Phi) is 8.82. The predicted molar refractivity (Wildman–Crippen MR) is 62.3 cm³/mol. The molecule has 0 aromatic rings. The molecule has 0 heterocycles. The van der Waals surface area contributed by atoms with Gasteiger partial charge in [0, 0.05) is 0 Å². The molecule has 0 aromatic carbocycles. The standard InChI is InChI=1S/C12H20O5/c1-4-5-6-7-8-15-12(14)17-9-16-11(13)10(2)3/h5-6,10H,4,7-9H2,1-3H3/b6-5+. The summed E-state index contributed by atoms with van der Waals surface area (Å²) in [6.07, 6.45) is 4.68. The summed E-state index contributed by atoms with van der Waals surface area (Å²) in [5, 5.41) is 0. The van der Waals surface area contributed by atoms with E-state index in [0.717, 1.165) is 6.42 Å². The molecule has 98 valence electrons. The van der Waals surface area contributed by atoms with Crippen molar-refractivity contribution in [3.05, 3.63) is 12.2 Å². The van der Waals surface area contributed by atoms with Crippen LogP contribution in [0, 0.1) is 5.92 Å². The van der Waals surface area contributed by atoms with Gasteiger partial charge in [0.25, 0.3) is 0 Å². The van der Waals surface area contributed by atoms with Crippen molar-refractivity contribution in [2.45, 2.75) is 33.6 Å². The van der Waals surface area contributed by atoms with Crippen molar-refractivity contribution in [1.82, 2.24) is 0 Å². The number of allylic oxidation sites excluding steroid dienone is 1. The third-order valence-electron chi connectivity index (χ3n) is 1.76. The molecule has 0 bridgehead atoms. The first-order chi connectivity index (χ1) is 8.07. The minimum Gasteiger partial charge on any atom is -0.434 e. The van der Waals surface area contributed by atoms with Gasteiger partial charge >= 0.3 is 12.1 Å². The van der Waals surface area contributed by atoms with Gasteiger partial charge in [0.2, 0.25) is 6.79 Å². The number of ether oxygens (including phenoxy) is 3. The third-order valence-corrected chi connectivity index (χ3v) is 1.76. The molecule has 0 unspecified atom stereocenters. The number of hydrogen-bond acceptors (Lipinski definition) is 5. The first-order valence-electron chi connectivity index (χ1n) is 5.69. The lowest BCUT2D eigenvalue weighted by molar-refractivity contribution is -0.157. The van der Waals surface area contributed by atoms with Crippen LogP contribution in [0.2, 0.25) is 0 Å². The fourth-order valence-corrected chi connectivity index (χ4v) is 0.839. The Labute approximate surface area is 102 Å². The van der Waals surface area contributed by atoms with Gasteiger partial charge in [-0.2, -0.15) is 0 Å². The van der Waals surface area contributed by atoms with Crippen LogP contribution < -0.4 is 0 Å². The van der Waals surface area contributed by atoms with Crippen molar-refractivity contribution in [2.24, 2.45) is 5.92 Å². The van der Waals surface area contributed by atoms with Crippen LogP contribution in [0.4, 0.5) is 4.79 Å². The molecule has 17 heavy (non-hydrogen) atoms. The van der Waals surface area contributed by atoms with Gasteiger partial charge < -0.3 is 14.2 Å². The lowest BCUT2D eigenvalue weighted by Crippen LogP contribution is -2.17. The second-order valence-corrected chi connectivity index (χ2v) is 3.65. The number of hydrogen-bond donors (Lipinski definition) is 0. The Morgan fingerprint density at radius 1 is 1.12 bits per heavy atom. The fraction of sp³-hybridized carbons (Fsp3) is 0.667. The van der Waals surface area contributed by atoms with E-state index in [9.17, 15) is 9.59 Å². The maximum Gasteiger partial charge on any atom is 0.511 e. The smallest absolute Gasteiger partial charge is 0.434 e. The minimum absolute atomic E-state index is 0.242. The second-order valence-electron chi connectivity index (χ2n) is 3.65. The van der Waals surface area contributed by atoms with Gasteiger partial charge in [-0.15, -0.1) is 0 Å². The number of carbonyl (C=O) groups is 2. The van der Waals surface area contributed by atoms with Gasteiger partial charge in [0.15, 0.2) is 0 Å². The van der Waals surface area contributed by atoms with Gasteiger partial charge in [0.05, 0.1) is 12.5 Å².